The van der Waals surface area contributed by atoms with Crippen LogP contribution in [0, 0.1) is 0 Å². The van der Waals surface area contributed by atoms with E-state index in [0.29, 0.717) is 5.56 Å². The number of carbonyl (C=O) groups excluding carboxylic acids is 1. The van der Waals surface area contributed by atoms with E-state index in [0.717, 1.165) is 16.3 Å². The largest absolute Gasteiger partial charge is 0.508 e. The minimum atomic E-state index is -5.05. The lowest BCUT2D eigenvalue weighted by Crippen LogP contribution is -2.64. The molecule has 1 heterocycles. The average molecular weight is 473 g/mol. The van der Waals surface area contributed by atoms with Crippen molar-refractivity contribution in [2.24, 2.45) is 0 Å². The molecule has 8 heteroatoms. The Labute approximate surface area is 195 Å². The van der Waals surface area contributed by atoms with Gasteiger partial charge in [0.05, 0.1) is 24.4 Å². The van der Waals surface area contributed by atoms with E-state index in [1.807, 2.05) is 54.6 Å². The lowest BCUT2D eigenvalue weighted by Gasteiger charge is -2.48. The van der Waals surface area contributed by atoms with Gasteiger partial charge >= 0.3 is 12.1 Å². The first-order chi connectivity index (χ1) is 16.1. The molecule has 1 fully saturated rings. The van der Waals surface area contributed by atoms with Crippen LogP contribution in [0.4, 0.5) is 13.2 Å². The number of aromatic hydroxyl groups is 1. The molecule has 0 bridgehead atoms. The maximum absolute atomic E-state index is 13.2. The van der Waals surface area contributed by atoms with Crippen molar-refractivity contribution in [1.82, 2.24) is 5.32 Å². The number of phenols is 1. The molecule has 3 aromatic carbocycles. The highest BCUT2D eigenvalue weighted by Gasteiger charge is 2.51. The van der Waals surface area contributed by atoms with E-state index in [2.05, 4.69) is 5.32 Å². The van der Waals surface area contributed by atoms with E-state index in [1.165, 1.54) is 13.0 Å². The molecule has 1 aliphatic rings. The third-order valence-corrected chi connectivity index (χ3v) is 6.24. The van der Waals surface area contributed by atoms with Crippen molar-refractivity contribution < 1.29 is 32.5 Å². The van der Waals surface area contributed by atoms with Gasteiger partial charge in [-0.1, -0.05) is 60.7 Å². The molecule has 0 unspecified atom stereocenters. The van der Waals surface area contributed by atoms with Gasteiger partial charge in [0.15, 0.2) is 0 Å². The van der Waals surface area contributed by atoms with E-state index in [-0.39, 0.29) is 18.8 Å². The van der Waals surface area contributed by atoms with Gasteiger partial charge in [-0.15, -0.1) is 0 Å². The Kier molecular flexibility index (Phi) is 6.55. The smallest absolute Gasteiger partial charge is 0.471 e. The Morgan fingerprint density at radius 2 is 1.79 bits per heavy atom. The Bertz CT molecular complexity index is 1170. The minimum Gasteiger partial charge on any atom is -0.508 e. The predicted molar refractivity (Wildman–Crippen MR) is 121 cm³/mol. The van der Waals surface area contributed by atoms with Crippen molar-refractivity contribution >= 4 is 16.7 Å². The molecule has 0 aromatic heterocycles. The number of carbonyl (C=O) groups is 1. The molecular formula is C26H26F3NO4. The van der Waals surface area contributed by atoms with Gasteiger partial charge in [0.2, 0.25) is 0 Å². The van der Waals surface area contributed by atoms with Crippen LogP contribution in [0.25, 0.3) is 10.8 Å². The van der Waals surface area contributed by atoms with Crippen LogP contribution in [-0.4, -0.2) is 34.9 Å². The molecule has 0 radical (unpaired) electrons. The Morgan fingerprint density at radius 1 is 1.12 bits per heavy atom. The molecule has 0 aliphatic carbocycles. The molecule has 180 valence electrons. The molecule has 3 aromatic rings. The van der Waals surface area contributed by atoms with Crippen LogP contribution in [0.3, 0.4) is 0 Å². The predicted octanol–water partition coefficient (Wildman–Crippen LogP) is 5.42. The molecule has 34 heavy (non-hydrogen) atoms. The molecule has 1 saturated heterocycles. The van der Waals surface area contributed by atoms with E-state index in [1.54, 1.807) is 13.0 Å². The summed E-state index contributed by atoms with van der Waals surface area (Å²) in [5.74, 6) is -2.07. The fourth-order valence-corrected chi connectivity index (χ4v) is 4.72. The third-order valence-electron chi connectivity index (χ3n) is 6.24. The number of hydrogen-bond donors (Lipinski definition) is 2. The van der Waals surface area contributed by atoms with Crippen LogP contribution in [0.2, 0.25) is 0 Å². The summed E-state index contributed by atoms with van der Waals surface area (Å²) in [6, 6.07) is 19.9. The molecular weight excluding hydrogens is 447 g/mol. The van der Waals surface area contributed by atoms with Gasteiger partial charge in [-0.2, -0.15) is 13.2 Å². The Balaban J connectivity index is 1.69. The van der Waals surface area contributed by atoms with Crippen molar-refractivity contribution in [2.75, 3.05) is 0 Å². The van der Waals surface area contributed by atoms with Crippen LogP contribution in [0.1, 0.15) is 37.5 Å². The van der Waals surface area contributed by atoms with Crippen molar-refractivity contribution in [1.29, 1.82) is 0 Å². The van der Waals surface area contributed by atoms with Crippen LogP contribution in [-0.2, 0) is 20.9 Å². The lowest BCUT2D eigenvalue weighted by molar-refractivity contribution is -0.196. The standard InChI is InChI=1S/C26H26F3NO4/c1-16-23(33-15-17-8-4-3-5-9-17)25(2,30-24(32)26(27,28)29)14-21(34-16)22-19-11-7-6-10-18(19)12-13-20(22)31/h3-13,16,21,23,31H,14-15H2,1-2H3,(H,30,32)/t16-,21+,23+,25-/m0/s1. The van der Waals surface area contributed by atoms with Gasteiger partial charge in [0, 0.05) is 12.0 Å². The molecule has 4 atom stereocenters. The van der Waals surface area contributed by atoms with Gasteiger partial charge in [-0.05, 0) is 36.2 Å². The quantitative estimate of drug-likeness (QED) is 0.520. The number of benzene rings is 3. The zero-order chi connectivity index (χ0) is 24.5. The number of hydrogen-bond acceptors (Lipinski definition) is 4. The van der Waals surface area contributed by atoms with E-state index >= 15 is 0 Å². The van der Waals surface area contributed by atoms with Crippen LogP contribution in [0.15, 0.2) is 66.7 Å². The van der Waals surface area contributed by atoms with Gasteiger partial charge in [0.25, 0.3) is 0 Å². The first-order valence-corrected chi connectivity index (χ1v) is 11.0. The minimum absolute atomic E-state index is 0.0240. The Hall–Kier alpha value is -3.10. The van der Waals surface area contributed by atoms with Crippen LogP contribution in [0.5, 0.6) is 5.75 Å². The number of fused-ring (bicyclic) bond motifs is 1. The van der Waals surface area contributed by atoms with E-state index in [9.17, 15) is 23.1 Å². The number of amides is 1. The molecule has 4 rings (SSSR count). The number of rotatable bonds is 5. The molecule has 2 N–H and O–H groups in total. The van der Waals surface area contributed by atoms with Gasteiger partial charge in [-0.25, -0.2) is 0 Å². The van der Waals surface area contributed by atoms with Crippen LogP contribution < -0.4 is 5.32 Å². The summed E-state index contributed by atoms with van der Waals surface area (Å²) in [4.78, 5) is 12.0. The topological polar surface area (TPSA) is 67.8 Å². The zero-order valence-corrected chi connectivity index (χ0v) is 18.8. The highest BCUT2D eigenvalue weighted by Crippen LogP contribution is 2.44. The van der Waals surface area contributed by atoms with Crippen molar-refractivity contribution in [3.63, 3.8) is 0 Å². The maximum atomic E-state index is 13.2. The van der Waals surface area contributed by atoms with Crippen molar-refractivity contribution in [3.05, 3.63) is 77.9 Å². The summed E-state index contributed by atoms with van der Waals surface area (Å²) >= 11 is 0. The maximum Gasteiger partial charge on any atom is 0.471 e. The molecule has 0 saturated carbocycles. The third kappa shape index (κ3) is 4.88. The molecule has 5 nitrogen and oxygen atoms in total. The Morgan fingerprint density at radius 3 is 2.50 bits per heavy atom. The second-order valence-electron chi connectivity index (χ2n) is 8.84. The molecule has 1 amide bonds. The number of phenolic OH excluding ortho intramolecular Hbond substituents is 1. The van der Waals surface area contributed by atoms with Gasteiger partial charge < -0.3 is 19.9 Å². The number of alkyl halides is 3. The fourth-order valence-electron chi connectivity index (χ4n) is 4.72. The number of ether oxygens (including phenoxy) is 2. The SMILES string of the molecule is C[C@@H]1O[C@@H](c2c(O)ccc3ccccc23)C[C@](C)(NC(=O)C(F)(F)F)[C@@H]1OCc1ccccc1. The highest BCUT2D eigenvalue weighted by atomic mass is 19.4. The molecule has 0 spiro atoms. The van der Waals surface area contributed by atoms with E-state index in [4.69, 9.17) is 9.47 Å². The first kappa shape index (κ1) is 24.0. The second kappa shape index (κ2) is 9.27. The highest BCUT2D eigenvalue weighted by molar-refractivity contribution is 5.88. The second-order valence-corrected chi connectivity index (χ2v) is 8.84. The summed E-state index contributed by atoms with van der Waals surface area (Å²) < 4.78 is 51.9. The van der Waals surface area contributed by atoms with Gasteiger partial charge in [-0.3, -0.25) is 4.79 Å². The number of nitrogens with one attached hydrogen (secondary N) is 1. The molecule has 1 aliphatic heterocycles. The van der Waals surface area contributed by atoms with E-state index < -0.39 is 35.9 Å². The average Bonchev–Trinajstić information content (AvgIpc) is 2.78. The monoisotopic (exact) mass is 473 g/mol. The summed E-state index contributed by atoms with van der Waals surface area (Å²) in [7, 11) is 0. The van der Waals surface area contributed by atoms with Crippen molar-refractivity contribution in [2.45, 2.75) is 56.9 Å². The summed E-state index contributed by atoms with van der Waals surface area (Å²) in [5.41, 5.74) is -0.112. The van der Waals surface area contributed by atoms with Crippen molar-refractivity contribution in [3.8, 4) is 5.75 Å². The van der Waals surface area contributed by atoms with Crippen LogP contribution >= 0.6 is 0 Å². The summed E-state index contributed by atoms with van der Waals surface area (Å²) in [6.45, 7) is 3.36. The number of halogens is 3. The van der Waals surface area contributed by atoms with Gasteiger partial charge in [0.1, 0.15) is 11.9 Å². The summed E-state index contributed by atoms with van der Waals surface area (Å²) in [5, 5.41) is 14.4. The summed E-state index contributed by atoms with van der Waals surface area (Å²) in [6.07, 6.45) is -7.39. The zero-order valence-electron chi connectivity index (χ0n) is 18.8. The lowest BCUT2D eigenvalue weighted by atomic mass is 9.79. The fraction of sp³-hybridized carbons (Fsp3) is 0.346. The normalized spacial score (nSPS) is 25.3. The first-order valence-electron chi connectivity index (χ1n) is 11.0.